The smallest absolute Gasteiger partial charge is 0.258 e. The van der Waals surface area contributed by atoms with Crippen LogP contribution in [-0.2, 0) is 13.1 Å². The zero-order chi connectivity index (χ0) is 27.6. The highest BCUT2D eigenvalue weighted by Gasteiger charge is 2.16. The van der Waals surface area contributed by atoms with Crippen LogP contribution in [0, 0.1) is 0 Å². The first-order valence-electron chi connectivity index (χ1n) is 13.2. The van der Waals surface area contributed by atoms with Crippen LogP contribution < -0.4 is 10.9 Å². The van der Waals surface area contributed by atoms with Crippen LogP contribution in [-0.4, -0.2) is 68.7 Å². The van der Waals surface area contributed by atoms with Gasteiger partial charge in [-0.1, -0.05) is 29.8 Å². The lowest BCUT2D eigenvalue weighted by molar-refractivity contribution is 0.102. The summed E-state index contributed by atoms with van der Waals surface area (Å²) in [7, 11) is 2.16. The first kappa shape index (κ1) is 26.1. The monoisotopic (exact) mass is 555 g/mol. The number of nitrogens with zero attached hydrogens (tertiary/aromatic N) is 4. The van der Waals surface area contributed by atoms with Crippen molar-refractivity contribution in [1.82, 2.24) is 29.5 Å². The number of fused-ring (bicyclic) bond motifs is 1. The van der Waals surface area contributed by atoms with Crippen molar-refractivity contribution in [3.8, 4) is 11.3 Å². The molecule has 1 aliphatic heterocycles. The van der Waals surface area contributed by atoms with Gasteiger partial charge in [0.25, 0.3) is 11.5 Å². The molecule has 0 atom stereocenters. The second kappa shape index (κ2) is 11.1. The fourth-order valence-corrected chi connectivity index (χ4v) is 5.12. The topological polar surface area (TPSA) is 102 Å². The van der Waals surface area contributed by atoms with Gasteiger partial charge in [0, 0.05) is 61.0 Å². The molecule has 0 bridgehead atoms. The number of hydrogen-bond acceptors (Lipinski definition) is 5. The highest BCUT2D eigenvalue weighted by molar-refractivity contribution is 6.30. The zero-order valence-corrected chi connectivity index (χ0v) is 22.9. The van der Waals surface area contributed by atoms with Gasteiger partial charge in [0.15, 0.2) is 0 Å². The highest BCUT2D eigenvalue weighted by atomic mass is 35.5. The average Bonchev–Trinajstić information content (AvgIpc) is 3.59. The molecule has 1 fully saturated rings. The first-order chi connectivity index (χ1) is 19.4. The number of carbonyl (C=O) groups excluding carboxylic acids is 1. The number of amides is 1. The third-order valence-corrected chi connectivity index (χ3v) is 7.54. The fourth-order valence-electron chi connectivity index (χ4n) is 4.99. The molecule has 1 amide bonds. The van der Waals surface area contributed by atoms with Crippen LogP contribution in [0.1, 0.15) is 21.5 Å². The Hall–Kier alpha value is -4.18. The molecule has 9 nitrogen and oxygen atoms in total. The number of piperazine rings is 1. The van der Waals surface area contributed by atoms with Crippen LogP contribution in [0.4, 0.5) is 5.69 Å². The number of rotatable bonds is 7. The van der Waals surface area contributed by atoms with E-state index < -0.39 is 0 Å². The Morgan fingerprint density at radius 3 is 2.58 bits per heavy atom. The molecule has 6 rings (SSSR count). The molecule has 0 radical (unpaired) electrons. The molecular formula is C30H30ClN7O2. The molecule has 0 aliphatic carbocycles. The van der Waals surface area contributed by atoms with Crippen molar-refractivity contribution in [2.24, 2.45) is 0 Å². The SMILES string of the molecule is CN1CCN(Cc2ccc3[nH]c(-c4cc(NC(=O)c5cnn(Cc6ccc(Cl)cc6)c5)c[nH]c4=O)cc3c2)CC1. The minimum absolute atomic E-state index is 0.238. The van der Waals surface area contributed by atoms with Gasteiger partial charge in [-0.15, -0.1) is 0 Å². The summed E-state index contributed by atoms with van der Waals surface area (Å²) in [5.41, 5.74) is 5.04. The number of hydrogen-bond donors (Lipinski definition) is 3. The summed E-state index contributed by atoms with van der Waals surface area (Å²) in [5, 5.41) is 8.89. The number of aromatic nitrogens is 4. The maximum Gasteiger partial charge on any atom is 0.258 e. The second-order valence-corrected chi connectivity index (χ2v) is 10.8. The predicted octanol–water partition coefficient (Wildman–Crippen LogP) is 4.42. The molecule has 40 heavy (non-hydrogen) atoms. The number of halogens is 1. The van der Waals surface area contributed by atoms with E-state index in [1.165, 1.54) is 18.0 Å². The molecular weight excluding hydrogens is 526 g/mol. The summed E-state index contributed by atoms with van der Waals surface area (Å²) >= 11 is 5.96. The van der Waals surface area contributed by atoms with Crippen molar-refractivity contribution in [3.63, 3.8) is 0 Å². The molecule has 0 unspecified atom stereocenters. The van der Waals surface area contributed by atoms with E-state index in [0.29, 0.717) is 34.1 Å². The van der Waals surface area contributed by atoms with Gasteiger partial charge < -0.3 is 20.2 Å². The van der Waals surface area contributed by atoms with Crippen molar-refractivity contribution in [3.05, 3.63) is 105 Å². The van der Waals surface area contributed by atoms with E-state index in [0.717, 1.165) is 49.2 Å². The third kappa shape index (κ3) is 5.86. The standard InChI is InChI=1S/C30H30ClN7O2/c1-36-8-10-37(11-9-36)17-21-4-7-27-22(12-21)13-28(35-27)26-14-25(16-32-30(26)40)34-29(39)23-15-33-38(19-23)18-20-2-5-24(31)6-3-20/h2-7,12-16,19,35H,8-11,17-18H2,1H3,(H,32,40)(H,34,39). The number of pyridine rings is 1. The second-order valence-electron chi connectivity index (χ2n) is 10.3. The van der Waals surface area contributed by atoms with Gasteiger partial charge in [-0.3, -0.25) is 19.2 Å². The van der Waals surface area contributed by atoms with Gasteiger partial charge in [-0.25, -0.2) is 0 Å². The Kier molecular flexibility index (Phi) is 7.25. The van der Waals surface area contributed by atoms with E-state index in [-0.39, 0.29) is 11.5 Å². The summed E-state index contributed by atoms with van der Waals surface area (Å²) < 4.78 is 1.69. The van der Waals surface area contributed by atoms with Crippen molar-refractivity contribution in [1.29, 1.82) is 0 Å². The van der Waals surface area contributed by atoms with Gasteiger partial charge in [-0.05, 0) is 54.6 Å². The molecule has 204 valence electrons. The molecule has 1 aliphatic rings. The number of carbonyl (C=O) groups is 1. The number of H-pyrrole nitrogens is 2. The van der Waals surface area contributed by atoms with Gasteiger partial charge >= 0.3 is 0 Å². The normalized spacial score (nSPS) is 14.6. The Morgan fingerprint density at radius 1 is 1.00 bits per heavy atom. The molecule has 0 saturated carbocycles. The third-order valence-electron chi connectivity index (χ3n) is 7.29. The van der Waals surface area contributed by atoms with E-state index in [4.69, 9.17) is 11.6 Å². The molecule has 2 aromatic carbocycles. The minimum Gasteiger partial charge on any atom is -0.354 e. The summed E-state index contributed by atoms with van der Waals surface area (Å²) in [5.74, 6) is -0.314. The summed E-state index contributed by atoms with van der Waals surface area (Å²) in [6.07, 6.45) is 4.71. The maximum absolute atomic E-state index is 12.9. The zero-order valence-electron chi connectivity index (χ0n) is 22.2. The number of likely N-dealkylation sites (N-methyl/N-ethyl adjacent to an activating group) is 1. The number of nitrogens with one attached hydrogen (secondary N) is 3. The van der Waals surface area contributed by atoms with Gasteiger partial charge in [0.2, 0.25) is 0 Å². The lowest BCUT2D eigenvalue weighted by Crippen LogP contribution is -2.43. The Morgan fingerprint density at radius 2 is 1.77 bits per heavy atom. The molecule has 5 aromatic rings. The van der Waals surface area contributed by atoms with Gasteiger partial charge in [0.05, 0.1) is 35.2 Å². The predicted molar refractivity (Wildman–Crippen MR) is 158 cm³/mol. The highest BCUT2D eigenvalue weighted by Crippen LogP contribution is 2.25. The molecule has 3 aromatic heterocycles. The number of anilines is 1. The van der Waals surface area contributed by atoms with E-state index >= 15 is 0 Å². The van der Waals surface area contributed by atoms with Crippen LogP contribution in [0.5, 0.6) is 0 Å². The fraction of sp³-hybridized carbons (Fsp3) is 0.233. The molecule has 1 saturated heterocycles. The first-order valence-corrected chi connectivity index (χ1v) is 13.6. The van der Waals surface area contributed by atoms with Crippen molar-refractivity contribution in [2.75, 3.05) is 38.5 Å². The Labute approximate surface area is 236 Å². The van der Waals surface area contributed by atoms with E-state index in [9.17, 15) is 9.59 Å². The van der Waals surface area contributed by atoms with Gasteiger partial charge in [-0.2, -0.15) is 5.10 Å². The lowest BCUT2D eigenvalue weighted by atomic mass is 10.1. The summed E-state index contributed by atoms with van der Waals surface area (Å²) in [4.78, 5) is 36.6. The van der Waals surface area contributed by atoms with E-state index in [2.05, 4.69) is 55.4 Å². The van der Waals surface area contributed by atoms with Crippen LogP contribution in [0.15, 0.2) is 78.0 Å². The van der Waals surface area contributed by atoms with Crippen LogP contribution >= 0.6 is 11.6 Å². The molecule has 4 heterocycles. The van der Waals surface area contributed by atoms with Crippen LogP contribution in [0.3, 0.4) is 0 Å². The quantitative estimate of drug-likeness (QED) is 0.276. The molecule has 3 N–H and O–H groups in total. The van der Waals surface area contributed by atoms with E-state index in [1.54, 1.807) is 16.9 Å². The Balaban J connectivity index is 1.16. The maximum atomic E-state index is 12.9. The Bertz CT molecular complexity index is 1710. The molecule has 10 heteroatoms. The average molecular weight is 556 g/mol. The van der Waals surface area contributed by atoms with E-state index in [1.807, 2.05) is 30.3 Å². The van der Waals surface area contributed by atoms with Crippen LogP contribution in [0.2, 0.25) is 5.02 Å². The van der Waals surface area contributed by atoms with Crippen molar-refractivity contribution in [2.45, 2.75) is 13.1 Å². The number of aromatic amines is 2. The van der Waals surface area contributed by atoms with Crippen molar-refractivity contribution >= 4 is 34.1 Å². The largest absolute Gasteiger partial charge is 0.354 e. The summed E-state index contributed by atoms with van der Waals surface area (Å²) in [6.45, 7) is 5.71. The van der Waals surface area contributed by atoms with Crippen LogP contribution in [0.25, 0.3) is 22.2 Å². The van der Waals surface area contributed by atoms with Gasteiger partial charge in [0.1, 0.15) is 0 Å². The number of benzene rings is 2. The lowest BCUT2D eigenvalue weighted by Gasteiger charge is -2.32. The minimum atomic E-state index is -0.314. The van der Waals surface area contributed by atoms with Crippen molar-refractivity contribution < 1.29 is 4.79 Å². The molecule has 0 spiro atoms. The summed E-state index contributed by atoms with van der Waals surface area (Å²) in [6, 6.07) is 17.5.